The van der Waals surface area contributed by atoms with Gasteiger partial charge in [0, 0.05) is 26.2 Å². The maximum atomic E-state index is 12.9. The highest BCUT2D eigenvalue weighted by atomic mass is 35.5. The lowest BCUT2D eigenvalue weighted by atomic mass is 10.2. The average Bonchev–Trinajstić information content (AvgIpc) is 2.90. The number of rotatable bonds is 4. The van der Waals surface area contributed by atoms with Gasteiger partial charge in [-0.15, -0.1) is 0 Å². The lowest BCUT2D eigenvalue weighted by Crippen LogP contribution is -2.41. The molecule has 148 valence electrons. The standard InChI is InChI=1S/C17H22ClN3O5S/c1-20(10-17(23)21-6-4-2-3-5-7-21)27(24,25)15-9-14-13(8-12(15)18)19-16(22)11-26-14/h8-9H,2-7,10-11H2,1H3,(H,19,22). The smallest absolute Gasteiger partial charge is 0.262 e. The van der Waals surface area contributed by atoms with Crippen LogP contribution in [0, 0.1) is 0 Å². The van der Waals surface area contributed by atoms with Crippen LogP contribution in [-0.2, 0) is 19.6 Å². The van der Waals surface area contributed by atoms with Gasteiger partial charge in [0.15, 0.2) is 6.61 Å². The van der Waals surface area contributed by atoms with Crippen LogP contribution in [0.4, 0.5) is 5.69 Å². The molecule has 1 saturated heterocycles. The summed E-state index contributed by atoms with van der Waals surface area (Å²) in [4.78, 5) is 25.4. The second-order valence-corrected chi connectivity index (χ2v) is 9.09. The maximum Gasteiger partial charge on any atom is 0.262 e. The van der Waals surface area contributed by atoms with Crippen molar-refractivity contribution in [2.45, 2.75) is 30.6 Å². The molecule has 2 heterocycles. The Hall–Kier alpha value is -1.84. The molecule has 1 aromatic rings. The third-order valence-corrected chi connectivity index (χ3v) is 6.94. The largest absolute Gasteiger partial charge is 0.482 e. The highest BCUT2D eigenvalue weighted by Gasteiger charge is 2.30. The molecule has 8 nitrogen and oxygen atoms in total. The minimum atomic E-state index is -4.00. The van der Waals surface area contributed by atoms with E-state index >= 15 is 0 Å². The molecule has 0 aliphatic carbocycles. The number of hydrogen-bond acceptors (Lipinski definition) is 5. The van der Waals surface area contributed by atoms with Crippen LogP contribution in [0.25, 0.3) is 0 Å². The number of hydrogen-bond donors (Lipinski definition) is 1. The zero-order chi connectivity index (χ0) is 19.6. The van der Waals surface area contributed by atoms with Crippen molar-refractivity contribution in [3.05, 3.63) is 17.2 Å². The number of nitrogens with zero attached hydrogens (tertiary/aromatic N) is 2. The van der Waals surface area contributed by atoms with Crippen molar-refractivity contribution >= 4 is 39.1 Å². The Kier molecular flexibility index (Phi) is 5.92. The van der Waals surface area contributed by atoms with E-state index in [9.17, 15) is 18.0 Å². The summed E-state index contributed by atoms with van der Waals surface area (Å²) in [6.45, 7) is 0.852. The molecule has 0 radical (unpaired) electrons. The van der Waals surface area contributed by atoms with E-state index in [-0.39, 0.29) is 40.6 Å². The van der Waals surface area contributed by atoms with Crippen LogP contribution in [0.2, 0.25) is 5.02 Å². The van der Waals surface area contributed by atoms with Crippen molar-refractivity contribution in [1.82, 2.24) is 9.21 Å². The lowest BCUT2D eigenvalue weighted by Gasteiger charge is -2.25. The SMILES string of the molecule is CN(CC(=O)N1CCCCCC1)S(=O)(=O)c1cc2c(cc1Cl)NC(=O)CO2. The molecule has 27 heavy (non-hydrogen) atoms. The molecule has 2 aliphatic rings. The van der Waals surface area contributed by atoms with Gasteiger partial charge in [0.1, 0.15) is 10.6 Å². The third-order valence-electron chi connectivity index (χ3n) is 4.67. The number of fused-ring (bicyclic) bond motifs is 1. The predicted molar refractivity (Wildman–Crippen MR) is 100 cm³/mol. The number of carbonyl (C=O) groups excluding carboxylic acids is 2. The molecule has 3 rings (SSSR count). The molecule has 0 spiro atoms. The van der Waals surface area contributed by atoms with Crippen LogP contribution >= 0.6 is 11.6 Å². The van der Waals surface area contributed by atoms with Crippen LogP contribution in [0.5, 0.6) is 5.75 Å². The summed E-state index contributed by atoms with van der Waals surface area (Å²) in [7, 11) is -2.65. The number of likely N-dealkylation sites (tertiary alicyclic amines) is 1. The molecule has 1 N–H and O–H groups in total. The number of nitrogens with one attached hydrogen (secondary N) is 1. The molecule has 10 heteroatoms. The van der Waals surface area contributed by atoms with E-state index in [1.54, 1.807) is 4.90 Å². The lowest BCUT2D eigenvalue weighted by molar-refractivity contribution is -0.131. The topological polar surface area (TPSA) is 96.0 Å². The summed E-state index contributed by atoms with van der Waals surface area (Å²) >= 11 is 6.14. The van der Waals surface area contributed by atoms with Gasteiger partial charge in [-0.25, -0.2) is 8.42 Å². The number of halogens is 1. The zero-order valence-electron chi connectivity index (χ0n) is 15.0. The zero-order valence-corrected chi connectivity index (χ0v) is 16.6. The molecule has 1 aromatic carbocycles. The number of carbonyl (C=O) groups is 2. The molecule has 1 fully saturated rings. The number of sulfonamides is 1. The Morgan fingerprint density at radius 1 is 1.26 bits per heavy atom. The van der Waals surface area contributed by atoms with E-state index in [1.807, 2.05) is 0 Å². The van der Waals surface area contributed by atoms with Crippen LogP contribution in [0.15, 0.2) is 17.0 Å². The van der Waals surface area contributed by atoms with Crippen LogP contribution in [-0.4, -0.2) is 62.7 Å². The molecule has 0 saturated carbocycles. The minimum absolute atomic E-state index is 0.0476. The van der Waals surface area contributed by atoms with Gasteiger partial charge in [-0.3, -0.25) is 9.59 Å². The van der Waals surface area contributed by atoms with E-state index in [4.69, 9.17) is 16.3 Å². The summed E-state index contributed by atoms with van der Waals surface area (Å²) in [6.07, 6.45) is 4.03. The first-order chi connectivity index (χ1) is 12.8. The van der Waals surface area contributed by atoms with E-state index in [1.165, 1.54) is 19.2 Å². The number of benzene rings is 1. The fourth-order valence-corrected chi connectivity index (χ4v) is 4.78. The van der Waals surface area contributed by atoms with E-state index in [0.29, 0.717) is 18.8 Å². The van der Waals surface area contributed by atoms with Gasteiger partial charge in [0.2, 0.25) is 15.9 Å². The first-order valence-corrected chi connectivity index (χ1v) is 10.6. The van der Waals surface area contributed by atoms with E-state index in [0.717, 1.165) is 30.0 Å². The fourth-order valence-electron chi connectivity index (χ4n) is 3.14. The minimum Gasteiger partial charge on any atom is -0.482 e. The molecule has 0 unspecified atom stereocenters. The van der Waals surface area contributed by atoms with Gasteiger partial charge in [0.05, 0.1) is 17.3 Å². The highest BCUT2D eigenvalue weighted by molar-refractivity contribution is 7.89. The Morgan fingerprint density at radius 2 is 1.93 bits per heavy atom. The summed E-state index contributed by atoms with van der Waals surface area (Å²) < 4.78 is 32.1. The molecule has 2 amide bonds. The maximum absolute atomic E-state index is 12.9. The number of amides is 2. The second kappa shape index (κ2) is 8.04. The number of anilines is 1. The Labute approximate surface area is 163 Å². The van der Waals surface area contributed by atoms with Crippen molar-refractivity contribution in [2.75, 3.05) is 38.6 Å². The summed E-state index contributed by atoms with van der Waals surface area (Å²) in [5.74, 6) is -0.334. The first kappa shape index (κ1) is 19.9. The van der Waals surface area contributed by atoms with Gasteiger partial charge in [0.25, 0.3) is 5.91 Å². The van der Waals surface area contributed by atoms with Crippen LogP contribution < -0.4 is 10.1 Å². The quantitative estimate of drug-likeness (QED) is 0.807. The van der Waals surface area contributed by atoms with Gasteiger partial charge < -0.3 is 15.0 Å². The number of likely N-dealkylation sites (N-methyl/N-ethyl adjacent to an activating group) is 1. The molecule has 0 atom stereocenters. The molecular weight excluding hydrogens is 394 g/mol. The second-order valence-electron chi connectivity index (χ2n) is 6.67. The van der Waals surface area contributed by atoms with Crippen molar-refractivity contribution in [1.29, 1.82) is 0 Å². The highest BCUT2D eigenvalue weighted by Crippen LogP contribution is 2.36. The van der Waals surface area contributed by atoms with Gasteiger partial charge in [-0.2, -0.15) is 4.31 Å². The summed E-state index contributed by atoms with van der Waals surface area (Å²) in [5, 5.41) is 2.52. The monoisotopic (exact) mass is 415 g/mol. The van der Waals surface area contributed by atoms with Crippen molar-refractivity contribution < 1.29 is 22.7 Å². The molecule has 0 aromatic heterocycles. The average molecular weight is 416 g/mol. The third kappa shape index (κ3) is 4.36. The van der Waals surface area contributed by atoms with Crippen LogP contribution in [0.3, 0.4) is 0 Å². The van der Waals surface area contributed by atoms with E-state index < -0.39 is 10.0 Å². The number of ether oxygens (including phenoxy) is 1. The summed E-state index contributed by atoms with van der Waals surface area (Å²) in [5.41, 5.74) is 0.318. The van der Waals surface area contributed by atoms with Crippen molar-refractivity contribution in [3.8, 4) is 5.75 Å². The Balaban J connectivity index is 1.79. The van der Waals surface area contributed by atoms with Crippen molar-refractivity contribution in [2.24, 2.45) is 0 Å². The van der Waals surface area contributed by atoms with Gasteiger partial charge in [-0.1, -0.05) is 24.4 Å². The fraction of sp³-hybridized carbons (Fsp3) is 0.529. The first-order valence-electron chi connectivity index (χ1n) is 8.79. The van der Waals surface area contributed by atoms with Crippen LogP contribution in [0.1, 0.15) is 25.7 Å². The normalized spacial score (nSPS) is 17.7. The Morgan fingerprint density at radius 3 is 2.59 bits per heavy atom. The Bertz CT molecular complexity index is 850. The van der Waals surface area contributed by atoms with Gasteiger partial charge >= 0.3 is 0 Å². The molecule has 0 bridgehead atoms. The molecular formula is C17H22ClN3O5S. The predicted octanol–water partition coefficient (Wildman–Crippen LogP) is 1.69. The summed E-state index contributed by atoms with van der Waals surface area (Å²) in [6, 6.07) is 2.62. The van der Waals surface area contributed by atoms with E-state index in [2.05, 4.69) is 5.32 Å². The molecule has 2 aliphatic heterocycles. The van der Waals surface area contributed by atoms with Crippen molar-refractivity contribution in [3.63, 3.8) is 0 Å². The van der Waals surface area contributed by atoms with Gasteiger partial charge in [-0.05, 0) is 18.9 Å².